The highest BCUT2D eigenvalue weighted by molar-refractivity contribution is 5.12. The number of nitrogens with zero attached hydrogens (tertiary/aromatic N) is 3. The van der Waals surface area contributed by atoms with Gasteiger partial charge in [-0.05, 0) is 32.6 Å². The summed E-state index contributed by atoms with van der Waals surface area (Å²) in [6.07, 6.45) is 2.62. The molecule has 0 amide bonds. The van der Waals surface area contributed by atoms with E-state index in [1.54, 1.807) is 6.20 Å². The zero-order valence-corrected chi connectivity index (χ0v) is 9.51. The number of nitriles is 1. The molecule has 2 unspecified atom stereocenters. The summed E-state index contributed by atoms with van der Waals surface area (Å²) in [7, 11) is 3.97. The molecule has 0 aliphatic rings. The number of hydrogen-bond acceptors (Lipinski definition) is 3. The molecule has 0 N–H and O–H groups in total. The maximum atomic E-state index is 9.10. The molecule has 15 heavy (non-hydrogen) atoms. The van der Waals surface area contributed by atoms with Crippen molar-refractivity contribution >= 4 is 0 Å². The average molecular weight is 203 g/mol. The van der Waals surface area contributed by atoms with Gasteiger partial charge in [0.1, 0.15) is 0 Å². The molecular weight excluding hydrogens is 186 g/mol. The molecule has 3 nitrogen and oxygen atoms in total. The Morgan fingerprint density at radius 1 is 1.47 bits per heavy atom. The first-order valence-corrected chi connectivity index (χ1v) is 5.17. The summed E-state index contributed by atoms with van der Waals surface area (Å²) in [6, 6.07) is 8.26. The van der Waals surface area contributed by atoms with Crippen molar-refractivity contribution in [2.75, 3.05) is 14.1 Å². The summed E-state index contributed by atoms with van der Waals surface area (Å²) in [4.78, 5) is 6.38. The van der Waals surface area contributed by atoms with E-state index in [1.165, 1.54) is 0 Å². The Labute approximate surface area is 91.4 Å². The molecule has 0 fully saturated rings. The second kappa shape index (κ2) is 5.47. The van der Waals surface area contributed by atoms with Crippen molar-refractivity contribution < 1.29 is 0 Å². The van der Waals surface area contributed by atoms with Crippen molar-refractivity contribution in [3.8, 4) is 6.07 Å². The highest BCUT2D eigenvalue weighted by Crippen LogP contribution is 2.26. The van der Waals surface area contributed by atoms with E-state index in [1.807, 2.05) is 39.2 Å². The fourth-order valence-corrected chi connectivity index (χ4v) is 1.77. The van der Waals surface area contributed by atoms with Crippen LogP contribution in [0, 0.1) is 17.2 Å². The van der Waals surface area contributed by atoms with Crippen molar-refractivity contribution in [3.63, 3.8) is 0 Å². The van der Waals surface area contributed by atoms with Crippen LogP contribution in [0.4, 0.5) is 0 Å². The van der Waals surface area contributed by atoms with E-state index in [0.717, 1.165) is 12.1 Å². The van der Waals surface area contributed by atoms with E-state index in [9.17, 15) is 0 Å². The normalized spacial score (nSPS) is 14.6. The van der Waals surface area contributed by atoms with E-state index in [4.69, 9.17) is 5.26 Å². The molecule has 3 heteroatoms. The van der Waals surface area contributed by atoms with Crippen LogP contribution in [-0.4, -0.2) is 24.0 Å². The van der Waals surface area contributed by atoms with Crippen LogP contribution in [0.15, 0.2) is 24.4 Å². The molecular formula is C12H17N3. The standard InChI is InChI=1S/C12H17N3/c1-4-10(9-13)12(15(2)3)11-7-5-6-8-14-11/h5-8,10,12H,4H2,1-3H3. The number of rotatable bonds is 4. The Morgan fingerprint density at radius 3 is 2.60 bits per heavy atom. The zero-order valence-electron chi connectivity index (χ0n) is 9.51. The number of hydrogen-bond donors (Lipinski definition) is 0. The van der Waals surface area contributed by atoms with E-state index in [2.05, 4.69) is 16.0 Å². The van der Waals surface area contributed by atoms with E-state index < -0.39 is 0 Å². The van der Waals surface area contributed by atoms with Crippen molar-refractivity contribution in [2.24, 2.45) is 5.92 Å². The lowest BCUT2D eigenvalue weighted by Crippen LogP contribution is -2.27. The van der Waals surface area contributed by atoms with Gasteiger partial charge in [-0.25, -0.2) is 0 Å². The topological polar surface area (TPSA) is 39.9 Å². The van der Waals surface area contributed by atoms with Crippen LogP contribution in [0.25, 0.3) is 0 Å². The maximum absolute atomic E-state index is 9.10. The average Bonchev–Trinajstić information content (AvgIpc) is 2.26. The minimum absolute atomic E-state index is 0.00472. The first kappa shape index (κ1) is 11.7. The predicted octanol–water partition coefficient (Wildman–Crippen LogP) is 2.23. The maximum Gasteiger partial charge on any atom is 0.0676 e. The van der Waals surface area contributed by atoms with Crippen LogP contribution in [-0.2, 0) is 0 Å². The molecule has 1 aromatic rings. The monoisotopic (exact) mass is 203 g/mol. The molecule has 0 radical (unpaired) electrons. The van der Waals surface area contributed by atoms with Gasteiger partial charge in [0, 0.05) is 6.20 Å². The molecule has 1 rings (SSSR count). The molecule has 0 aliphatic carbocycles. The summed E-state index contributed by atoms with van der Waals surface area (Å²) in [6.45, 7) is 2.04. The summed E-state index contributed by atoms with van der Waals surface area (Å²) in [5.41, 5.74) is 0.968. The van der Waals surface area contributed by atoms with Gasteiger partial charge in [0.2, 0.25) is 0 Å². The van der Waals surface area contributed by atoms with Gasteiger partial charge in [0.05, 0.1) is 23.7 Å². The zero-order chi connectivity index (χ0) is 11.3. The van der Waals surface area contributed by atoms with Crippen molar-refractivity contribution in [3.05, 3.63) is 30.1 Å². The number of pyridine rings is 1. The van der Waals surface area contributed by atoms with Crippen LogP contribution < -0.4 is 0 Å². The Bertz CT molecular complexity index is 326. The summed E-state index contributed by atoms with van der Waals surface area (Å²) >= 11 is 0. The minimum Gasteiger partial charge on any atom is -0.300 e. The molecule has 80 valence electrons. The van der Waals surface area contributed by atoms with Gasteiger partial charge in [-0.1, -0.05) is 13.0 Å². The fourth-order valence-electron chi connectivity index (χ4n) is 1.77. The Balaban J connectivity index is 2.99. The third-order valence-corrected chi connectivity index (χ3v) is 2.53. The largest absolute Gasteiger partial charge is 0.300 e. The van der Waals surface area contributed by atoms with Gasteiger partial charge in [-0.15, -0.1) is 0 Å². The van der Waals surface area contributed by atoms with Gasteiger partial charge in [0.15, 0.2) is 0 Å². The van der Waals surface area contributed by atoms with E-state index >= 15 is 0 Å². The van der Waals surface area contributed by atoms with Crippen molar-refractivity contribution in [1.29, 1.82) is 5.26 Å². The summed E-state index contributed by atoms with van der Waals surface area (Å²) in [5, 5.41) is 9.10. The van der Waals surface area contributed by atoms with Gasteiger partial charge in [-0.2, -0.15) is 5.26 Å². The summed E-state index contributed by atoms with van der Waals surface area (Å²) in [5.74, 6) is -0.00472. The van der Waals surface area contributed by atoms with Crippen LogP contribution in [0.3, 0.4) is 0 Å². The van der Waals surface area contributed by atoms with E-state index in [0.29, 0.717) is 0 Å². The lowest BCUT2D eigenvalue weighted by Gasteiger charge is -2.27. The highest BCUT2D eigenvalue weighted by atomic mass is 15.1. The lowest BCUT2D eigenvalue weighted by atomic mass is 9.94. The van der Waals surface area contributed by atoms with Crippen LogP contribution >= 0.6 is 0 Å². The third-order valence-electron chi connectivity index (χ3n) is 2.53. The van der Waals surface area contributed by atoms with Crippen LogP contribution in [0.5, 0.6) is 0 Å². The first-order valence-electron chi connectivity index (χ1n) is 5.17. The Morgan fingerprint density at radius 2 is 2.20 bits per heavy atom. The van der Waals surface area contributed by atoms with Gasteiger partial charge in [0.25, 0.3) is 0 Å². The van der Waals surface area contributed by atoms with Crippen LogP contribution in [0.1, 0.15) is 25.1 Å². The molecule has 2 atom stereocenters. The third kappa shape index (κ3) is 2.77. The van der Waals surface area contributed by atoms with Gasteiger partial charge < -0.3 is 0 Å². The highest BCUT2D eigenvalue weighted by Gasteiger charge is 2.24. The Hall–Kier alpha value is -1.40. The molecule has 0 aliphatic heterocycles. The molecule has 1 heterocycles. The second-order valence-corrected chi connectivity index (χ2v) is 3.81. The molecule has 0 bridgehead atoms. The smallest absolute Gasteiger partial charge is 0.0676 e. The molecule has 0 aromatic carbocycles. The molecule has 1 aromatic heterocycles. The first-order chi connectivity index (χ1) is 7.20. The lowest BCUT2D eigenvalue weighted by molar-refractivity contribution is 0.236. The second-order valence-electron chi connectivity index (χ2n) is 3.81. The molecule has 0 saturated carbocycles. The predicted molar refractivity (Wildman–Crippen MR) is 60.1 cm³/mol. The fraction of sp³-hybridized carbons (Fsp3) is 0.500. The van der Waals surface area contributed by atoms with Crippen molar-refractivity contribution in [1.82, 2.24) is 9.88 Å². The Kier molecular flexibility index (Phi) is 4.26. The molecule has 0 spiro atoms. The SMILES string of the molecule is CCC(C#N)C(c1ccccn1)N(C)C. The number of aromatic nitrogens is 1. The van der Waals surface area contributed by atoms with Crippen molar-refractivity contribution in [2.45, 2.75) is 19.4 Å². The van der Waals surface area contributed by atoms with Gasteiger partial charge in [-0.3, -0.25) is 9.88 Å². The minimum atomic E-state index is -0.00472. The quantitative estimate of drug-likeness (QED) is 0.753. The van der Waals surface area contributed by atoms with E-state index in [-0.39, 0.29) is 12.0 Å². The van der Waals surface area contributed by atoms with Gasteiger partial charge >= 0.3 is 0 Å². The van der Waals surface area contributed by atoms with Crippen LogP contribution in [0.2, 0.25) is 0 Å². The molecule has 0 saturated heterocycles. The summed E-state index contributed by atoms with van der Waals surface area (Å²) < 4.78 is 0.